The fourth-order valence-corrected chi connectivity index (χ4v) is 4.87. The fraction of sp³-hybridized carbons (Fsp3) is 0.417. The summed E-state index contributed by atoms with van der Waals surface area (Å²) in [6.07, 6.45) is 4.70. The van der Waals surface area contributed by atoms with Gasteiger partial charge in [0.1, 0.15) is 23.5 Å². The third-order valence-electron chi connectivity index (χ3n) is 6.48. The molecule has 0 saturated carbocycles. The Morgan fingerprint density at radius 3 is 2.62 bits per heavy atom. The van der Waals surface area contributed by atoms with Gasteiger partial charge < -0.3 is 24.8 Å². The number of anilines is 2. The topological polar surface area (TPSA) is 150 Å². The second-order valence-corrected chi connectivity index (χ2v) is 11.3. The maximum absolute atomic E-state index is 13.6. The molecule has 3 aromatic rings. The number of piperidine rings is 1. The van der Waals surface area contributed by atoms with Crippen LogP contribution in [0.4, 0.5) is 16.3 Å². The van der Waals surface area contributed by atoms with Crippen LogP contribution in [0.5, 0.6) is 5.75 Å². The van der Waals surface area contributed by atoms with E-state index >= 15 is 0 Å². The van der Waals surface area contributed by atoms with E-state index in [0.29, 0.717) is 31.6 Å². The zero-order valence-corrected chi connectivity index (χ0v) is 22.1. The molecule has 12 nitrogen and oxygen atoms in total. The molecule has 198 valence electrons. The summed E-state index contributed by atoms with van der Waals surface area (Å²) >= 11 is 0. The first kappa shape index (κ1) is 26.4. The number of carbonyl (C=O) groups excluding carboxylic acids is 2. The van der Waals surface area contributed by atoms with E-state index < -0.39 is 21.5 Å². The first-order valence-corrected chi connectivity index (χ1v) is 13.7. The molecule has 1 saturated heterocycles. The van der Waals surface area contributed by atoms with Crippen molar-refractivity contribution < 1.29 is 22.7 Å². The second kappa shape index (κ2) is 10.3. The van der Waals surface area contributed by atoms with E-state index in [1.165, 1.54) is 11.2 Å². The number of nitrogens with zero attached hydrogens (tertiary/aromatic N) is 4. The maximum atomic E-state index is 13.6. The first-order chi connectivity index (χ1) is 17.5. The average Bonchev–Trinajstić information content (AvgIpc) is 3.24. The van der Waals surface area contributed by atoms with E-state index in [9.17, 15) is 18.0 Å². The summed E-state index contributed by atoms with van der Waals surface area (Å²) in [6.45, 7) is 2.93. The number of rotatable bonds is 7. The highest BCUT2D eigenvalue weighted by Gasteiger charge is 2.42. The van der Waals surface area contributed by atoms with Crippen LogP contribution in [0, 0.1) is 12.3 Å². The third kappa shape index (κ3) is 6.00. The number of ether oxygens (including phenoxy) is 1. The minimum atomic E-state index is -3.52. The highest BCUT2D eigenvalue weighted by atomic mass is 32.2. The Morgan fingerprint density at radius 1 is 1.22 bits per heavy atom. The van der Waals surface area contributed by atoms with Crippen molar-refractivity contribution in [3.05, 3.63) is 42.4 Å². The molecule has 1 aromatic carbocycles. The maximum Gasteiger partial charge on any atom is 0.414 e. The minimum absolute atomic E-state index is 0.0385. The van der Waals surface area contributed by atoms with Crippen LogP contribution in [-0.2, 0) is 14.8 Å². The summed E-state index contributed by atoms with van der Waals surface area (Å²) in [5, 5.41) is 3.82. The van der Waals surface area contributed by atoms with Gasteiger partial charge in [-0.15, -0.1) is 0 Å². The van der Waals surface area contributed by atoms with Crippen LogP contribution in [0.1, 0.15) is 18.4 Å². The summed E-state index contributed by atoms with van der Waals surface area (Å²) in [5.74, 6) is 0.749. The van der Waals surface area contributed by atoms with Gasteiger partial charge in [-0.2, -0.15) is 0 Å². The van der Waals surface area contributed by atoms with E-state index in [0.717, 1.165) is 28.7 Å². The number of benzene rings is 1. The molecule has 13 heteroatoms. The number of amides is 2. The fourth-order valence-electron chi connectivity index (χ4n) is 4.33. The molecule has 3 N–H and O–H groups in total. The van der Waals surface area contributed by atoms with Crippen molar-refractivity contribution in [1.29, 1.82) is 0 Å². The Morgan fingerprint density at radius 2 is 1.95 bits per heavy atom. The first-order valence-electron chi connectivity index (χ1n) is 11.8. The highest BCUT2D eigenvalue weighted by molar-refractivity contribution is 7.88. The Bertz CT molecular complexity index is 1410. The lowest BCUT2D eigenvalue weighted by atomic mass is 9.77. The van der Waals surface area contributed by atoms with Crippen LogP contribution in [0.3, 0.4) is 0 Å². The molecule has 1 aliphatic heterocycles. The Hall–Kier alpha value is -3.71. The molecule has 1 aliphatic rings. The summed E-state index contributed by atoms with van der Waals surface area (Å²) in [5.41, 5.74) is 1.21. The van der Waals surface area contributed by atoms with Gasteiger partial charge in [-0.1, -0.05) is 6.07 Å². The summed E-state index contributed by atoms with van der Waals surface area (Å²) < 4.78 is 31.6. The lowest BCUT2D eigenvalue weighted by Crippen LogP contribution is -2.52. The zero-order valence-electron chi connectivity index (χ0n) is 21.2. The number of carbonyl (C=O) groups is 2. The lowest BCUT2D eigenvalue weighted by molar-refractivity contribution is -0.126. The Balaban J connectivity index is 1.54. The van der Waals surface area contributed by atoms with Gasteiger partial charge in [-0.25, -0.2) is 27.9 Å². The van der Waals surface area contributed by atoms with Crippen molar-refractivity contribution in [2.45, 2.75) is 19.8 Å². The van der Waals surface area contributed by atoms with Crippen molar-refractivity contribution in [1.82, 2.24) is 24.6 Å². The summed E-state index contributed by atoms with van der Waals surface area (Å²) in [4.78, 5) is 40.8. The zero-order chi connectivity index (χ0) is 26.8. The number of nitrogens with one attached hydrogen (secondary N) is 3. The molecule has 0 atom stereocenters. The van der Waals surface area contributed by atoms with Crippen molar-refractivity contribution in [3.63, 3.8) is 0 Å². The van der Waals surface area contributed by atoms with Crippen molar-refractivity contribution in [2.75, 3.05) is 50.2 Å². The number of aromatic amines is 1. The molecule has 3 heterocycles. The predicted octanol–water partition coefficient (Wildman–Crippen LogP) is 2.10. The molecule has 37 heavy (non-hydrogen) atoms. The molecule has 2 aromatic heterocycles. The smallest absolute Gasteiger partial charge is 0.410 e. The van der Waals surface area contributed by atoms with E-state index in [4.69, 9.17) is 4.74 Å². The number of H-pyrrole nitrogens is 1. The lowest BCUT2D eigenvalue weighted by Gasteiger charge is -2.41. The number of aryl methyl sites for hydroxylation is 1. The second-order valence-electron chi connectivity index (χ2n) is 9.50. The van der Waals surface area contributed by atoms with E-state index in [1.54, 1.807) is 38.4 Å². The largest absolute Gasteiger partial charge is 0.414 e. The van der Waals surface area contributed by atoms with Crippen molar-refractivity contribution >= 4 is 44.6 Å². The van der Waals surface area contributed by atoms with Gasteiger partial charge >= 0.3 is 6.09 Å². The van der Waals surface area contributed by atoms with Crippen LogP contribution in [0.2, 0.25) is 0 Å². The van der Waals surface area contributed by atoms with Crippen LogP contribution in [-0.4, -0.2) is 80.3 Å². The average molecular weight is 530 g/mol. The molecule has 4 rings (SSSR count). The SMILES string of the molecule is Cc1c[nH]c2ncnc(N3CCC(CNS(C)(=O)=O)(C(=O)Nc4cccc(OC(=O)N(C)C)c4)CC3)c12. The molecular weight excluding hydrogens is 498 g/mol. The molecule has 0 unspecified atom stereocenters. The molecule has 0 aliphatic carbocycles. The molecule has 2 amide bonds. The quantitative estimate of drug-likeness (QED) is 0.421. The third-order valence-corrected chi connectivity index (χ3v) is 7.15. The van der Waals surface area contributed by atoms with Crippen LogP contribution >= 0.6 is 0 Å². The molecule has 1 fully saturated rings. The molecule has 0 radical (unpaired) electrons. The van der Waals surface area contributed by atoms with Gasteiger partial charge in [0.2, 0.25) is 15.9 Å². The summed E-state index contributed by atoms with van der Waals surface area (Å²) in [7, 11) is -0.375. The van der Waals surface area contributed by atoms with Gasteiger partial charge in [-0.05, 0) is 37.5 Å². The minimum Gasteiger partial charge on any atom is -0.410 e. The van der Waals surface area contributed by atoms with Gasteiger partial charge in [0.25, 0.3) is 0 Å². The number of sulfonamides is 1. The van der Waals surface area contributed by atoms with Gasteiger partial charge in [0, 0.05) is 51.7 Å². The standard InChI is InChI=1S/C24H31N7O5S/c1-16-13-25-20-19(16)21(27-15-26-20)31-10-8-24(9-11-31,14-28-37(4,34)35)22(32)29-17-6-5-7-18(12-17)36-23(33)30(2)3/h5-7,12-13,15,28H,8-11,14H2,1-4H3,(H,29,32)(H,25,26,27). The van der Waals surface area contributed by atoms with E-state index in [1.807, 2.05) is 13.1 Å². The summed E-state index contributed by atoms with van der Waals surface area (Å²) in [6, 6.07) is 6.52. The number of hydrogen-bond donors (Lipinski definition) is 3. The van der Waals surface area contributed by atoms with E-state index in [2.05, 4.69) is 29.9 Å². The van der Waals surface area contributed by atoms with Gasteiger partial charge in [0.05, 0.1) is 17.1 Å². The number of hydrogen-bond acceptors (Lipinski definition) is 8. The Labute approximate surface area is 215 Å². The van der Waals surface area contributed by atoms with Crippen LogP contribution in [0.25, 0.3) is 11.0 Å². The highest BCUT2D eigenvalue weighted by Crippen LogP contribution is 2.36. The van der Waals surface area contributed by atoms with Crippen molar-refractivity contribution in [2.24, 2.45) is 5.41 Å². The Kier molecular flexibility index (Phi) is 7.37. The number of fused-ring (bicyclic) bond motifs is 1. The number of aromatic nitrogens is 3. The normalized spacial score (nSPS) is 15.4. The predicted molar refractivity (Wildman–Crippen MR) is 140 cm³/mol. The molecule has 0 bridgehead atoms. The van der Waals surface area contributed by atoms with Gasteiger partial charge in [-0.3, -0.25) is 4.79 Å². The van der Waals surface area contributed by atoms with Gasteiger partial charge in [0.15, 0.2) is 0 Å². The molecule has 0 spiro atoms. The molecular formula is C24H31N7O5S. The van der Waals surface area contributed by atoms with Crippen molar-refractivity contribution in [3.8, 4) is 5.75 Å². The monoisotopic (exact) mass is 529 g/mol. The van der Waals surface area contributed by atoms with Crippen LogP contribution in [0.15, 0.2) is 36.8 Å². The van der Waals surface area contributed by atoms with E-state index in [-0.39, 0.29) is 18.2 Å². The van der Waals surface area contributed by atoms with Crippen LogP contribution < -0.4 is 19.7 Å².